The Morgan fingerprint density at radius 1 is 1.25 bits per heavy atom. The fourth-order valence-electron chi connectivity index (χ4n) is 2.18. The normalized spacial score (nSPS) is 11.7. The minimum Gasteiger partial charge on any atom is -0.464 e. The number of nitrogens with zero attached hydrogens (tertiary/aromatic N) is 2. The van der Waals surface area contributed by atoms with E-state index >= 15 is 0 Å². The van der Waals surface area contributed by atoms with Crippen molar-refractivity contribution < 1.29 is 14.3 Å². The second kappa shape index (κ2) is 9.44. The van der Waals surface area contributed by atoms with Crippen LogP contribution in [-0.2, 0) is 16.0 Å². The molecule has 2 aromatic heterocycles. The summed E-state index contributed by atoms with van der Waals surface area (Å²) in [6, 6.07) is 2.41. The number of imidazole rings is 1. The smallest absolute Gasteiger partial charge is 0.329 e. The highest BCUT2D eigenvalue weighted by Crippen LogP contribution is 2.05. The highest BCUT2D eigenvalue weighted by molar-refractivity contribution is 5.96. The summed E-state index contributed by atoms with van der Waals surface area (Å²) in [5.41, 5.74) is 1.19. The Balaban J connectivity index is 1.99. The fraction of sp³-hybridized carbons (Fsp3) is 0.412. The third-order valence-corrected chi connectivity index (χ3v) is 3.50. The van der Waals surface area contributed by atoms with E-state index in [0.29, 0.717) is 18.6 Å². The van der Waals surface area contributed by atoms with Crippen LogP contribution < -0.4 is 5.32 Å². The summed E-state index contributed by atoms with van der Waals surface area (Å²) >= 11 is 0. The zero-order valence-electron chi connectivity index (χ0n) is 13.7. The van der Waals surface area contributed by atoms with E-state index in [-0.39, 0.29) is 5.91 Å². The molecule has 0 fully saturated rings. The average Bonchev–Trinajstić information content (AvgIpc) is 3.12. The number of rotatable bonds is 9. The number of hydrogen-bond acceptors (Lipinski definition) is 5. The lowest BCUT2D eigenvalue weighted by atomic mass is 10.1. The molecule has 24 heavy (non-hydrogen) atoms. The van der Waals surface area contributed by atoms with Gasteiger partial charge in [-0.25, -0.2) is 9.78 Å². The van der Waals surface area contributed by atoms with E-state index in [1.165, 1.54) is 18.7 Å². The van der Waals surface area contributed by atoms with Gasteiger partial charge in [0.25, 0.3) is 5.91 Å². The maximum absolute atomic E-state index is 12.3. The van der Waals surface area contributed by atoms with Crippen LogP contribution in [-0.4, -0.2) is 39.5 Å². The van der Waals surface area contributed by atoms with E-state index in [0.717, 1.165) is 25.0 Å². The Hall–Kier alpha value is -2.70. The van der Waals surface area contributed by atoms with Gasteiger partial charge in [-0.15, -0.1) is 0 Å². The Bertz CT molecular complexity index is 629. The number of esters is 1. The zero-order chi connectivity index (χ0) is 17.2. The van der Waals surface area contributed by atoms with Crippen molar-refractivity contribution in [1.29, 1.82) is 0 Å². The van der Waals surface area contributed by atoms with E-state index in [4.69, 9.17) is 4.74 Å². The fourth-order valence-corrected chi connectivity index (χ4v) is 2.18. The second-order valence-corrected chi connectivity index (χ2v) is 5.42. The number of hydrogen-bond donors (Lipinski definition) is 2. The summed E-state index contributed by atoms with van der Waals surface area (Å²) in [5, 5.41) is 2.72. The number of H-pyrrole nitrogens is 1. The molecule has 0 radical (unpaired) electrons. The number of unbranched alkanes of at least 4 members (excludes halogenated alkanes) is 2. The molecule has 1 atom stereocenters. The van der Waals surface area contributed by atoms with E-state index in [1.807, 2.05) is 0 Å². The third-order valence-electron chi connectivity index (χ3n) is 3.50. The maximum Gasteiger partial charge on any atom is 0.329 e. The van der Waals surface area contributed by atoms with Crippen molar-refractivity contribution in [2.75, 3.05) is 6.61 Å². The summed E-state index contributed by atoms with van der Waals surface area (Å²) in [5.74, 6) is -0.782. The van der Waals surface area contributed by atoms with E-state index < -0.39 is 12.0 Å². The quantitative estimate of drug-likeness (QED) is 0.540. The topological polar surface area (TPSA) is 97.0 Å². The molecule has 0 aliphatic rings. The number of amides is 1. The molecule has 7 nitrogen and oxygen atoms in total. The standard InChI is InChI=1S/C17H22N4O3/c1-2-3-4-9-24-17(23)15(10-14-11-19-12-20-14)21-16(22)13-5-7-18-8-6-13/h5-8,11-12,15H,2-4,9-10H2,1H3,(H,19,20)(H,21,22)/t15-/m1/s1. The molecule has 2 heterocycles. The summed E-state index contributed by atoms with van der Waals surface area (Å²) in [4.78, 5) is 35.3. The predicted octanol–water partition coefficient (Wildman–Crippen LogP) is 1.88. The number of carbonyl (C=O) groups excluding carboxylic acids is 2. The van der Waals surface area contributed by atoms with Crippen LogP contribution in [0, 0.1) is 0 Å². The van der Waals surface area contributed by atoms with Gasteiger partial charge in [-0.05, 0) is 18.6 Å². The van der Waals surface area contributed by atoms with Crippen LogP contribution >= 0.6 is 0 Å². The lowest BCUT2D eigenvalue weighted by Gasteiger charge is -2.17. The molecule has 0 unspecified atom stereocenters. The molecule has 0 bridgehead atoms. The van der Waals surface area contributed by atoms with Crippen LogP contribution in [0.4, 0.5) is 0 Å². The molecule has 7 heteroatoms. The second-order valence-electron chi connectivity index (χ2n) is 5.42. The van der Waals surface area contributed by atoms with Gasteiger partial charge in [-0.2, -0.15) is 0 Å². The number of nitrogens with one attached hydrogen (secondary N) is 2. The van der Waals surface area contributed by atoms with Crippen LogP contribution in [0.25, 0.3) is 0 Å². The van der Waals surface area contributed by atoms with Crippen molar-refractivity contribution in [2.24, 2.45) is 0 Å². The molecule has 128 valence electrons. The van der Waals surface area contributed by atoms with Crippen LogP contribution in [0.2, 0.25) is 0 Å². The van der Waals surface area contributed by atoms with Gasteiger partial charge in [0.05, 0.1) is 12.9 Å². The molecular weight excluding hydrogens is 308 g/mol. The summed E-state index contributed by atoms with van der Waals surface area (Å²) in [6.45, 7) is 2.44. The number of pyridine rings is 1. The van der Waals surface area contributed by atoms with E-state index in [9.17, 15) is 9.59 Å². The summed E-state index contributed by atoms with van der Waals surface area (Å²) in [7, 11) is 0. The molecular formula is C17H22N4O3. The van der Waals surface area contributed by atoms with Crippen molar-refractivity contribution in [1.82, 2.24) is 20.3 Å². The molecule has 0 spiro atoms. The molecule has 0 saturated carbocycles. The van der Waals surface area contributed by atoms with Crippen molar-refractivity contribution in [3.05, 3.63) is 48.3 Å². The Labute approximate surface area is 140 Å². The van der Waals surface area contributed by atoms with Crippen molar-refractivity contribution >= 4 is 11.9 Å². The average molecular weight is 330 g/mol. The first-order valence-electron chi connectivity index (χ1n) is 8.05. The first kappa shape index (κ1) is 17.7. The monoisotopic (exact) mass is 330 g/mol. The van der Waals surface area contributed by atoms with Gasteiger partial charge in [-0.3, -0.25) is 9.78 Å². The number of aromatic amines is 1. The Kier molecular flexibility index (Phi) is 6.94. The number of aromatic nitrogens is 3. The third kappa shape index (κ3) is 5.49. The molecule has 2 rings (SSSR count). The van der Waals surface area contributed by atoms with Gasteiger partial charge in [0.15, 0.2) is 0 Å². The van der Waals surface area contributed by atoms with Gasteiger partial charge in [-0.1, -0.05) is 19.8 Å². The highest BCUT2D eigenvalue weighted by Gasteiger charge is 2.23. The zero-order valence-corrected chi connectivity index (χ0v) is 13.7. The lowest BCUT2D eigenvalue weighted by molar-refractivity contribution is -0.146. The number of carbonyl (C=O) groups is 2. The van der Waals surface area contributed by atoms with Crippen LogP contribution in [0.3, 0.4) is 0 Å². The van der Waals surface area contributed by atoms with E-state index in [1.54, 1.807) is 18.3 Å². The first-order chi connectivity index (χ1) is 11.7. The minimum atomic E-state index is -0.771. The highest BCUT2D eigenvalue weighted by atomic mass is 16.5. The van der Waals surface area contributed by atoms with Crippen LogP contribution in [0.1, 0.15) is 42.2 Å². The summed E-state index contributed by atoms with van der Waals surface area (Å²) in [6.07, 6.45) is 9.37. The van der Waals surface area contributed by atoms with Crippen molar-refractivity contribution in [3.8, 4) is 0 Å². The van der Waals surface area contributed by atoms with Gasteiger partial charge in [0.1, 0.15) is 6.04 Å². The van der Waals surface area contributed by atoms with Gasteiger partial charge < -0.3 is 15.0 Å². The maximum atomic E-state index is 12.3. The molecule has 2 aromatic rings. The number of ether oxygens (including phenoxy) is 1. The van der Waals surface area contributed by atoms with Gasteiger partial charge in [0.2, 0.25) is 0 Å². The minimum absolute atomic E-state index is 0.295. The van der Waals surface area contributed by atoms with Crippen molar-refractivity contribution in [3.63, 3.8) is 0 Å². The Morgan fingerprint density at radius 3 is 2.71 bits per heavy atom. The van der Waals surface area contributed by atoms with Crippen LogP contribution in [0.5, 0.6) is 0 Å². The molecule has 1 amide bonds. The Morgan fingerprint density at radius 2 is 2.04 bits per heavy atom. The molecule has 0 aromatic carbocycles. The predicted molar refractivity (Wildman–Crippen MR) is 88.3 cm³/mol. The lowest BCUT2D eigenvalue weighted by Crippen LogP contribution is -2.43. The molecule has 0 saturated heterocycles. The first-order valence-corrected chi connectivity index (χ1v) is 8.05. The SMILES string of the molecule is CCCCCOC(=O)[C@@H](Cc1cnc[nH]1)NC(=O)c1ccncc1. The van der Waals surface area contributed by atoms with Gasteiger partial charge >= 0.3 is 5.97 Å². The van der Waals surface area contributed by atoms with Crippen molar-refractivity contribution in [2.45, 2.75) is 38.6 Å². The summed E-state index contributed by atoms with van der Waals surface area (Å²) < 4.78 is 5.29. The van der Waals surface area contributed by atoms with E-state index in [2.05, 4.69) is 27.2 Å². The molecule has 2 N–H and O–H groups in total. The van der Waals surface area contributed by atoms with Gasteiger partial charge in [0, 0.05) is 36.3 Å². The van der Waals surface area contributed by atoms with Crippen LogP contribution in [0.15, 0.2) is 37.1 Å². The largest absolute Gasteiger partial charge is 0.464 e. The molecule has 0 aliphatic carbocycles. The molecule has 0 aliphatic heterocycles.